The molecule has 2 aliphatic heterocycles. The Labute approximate surface area is 142 Å². The standard InChI is InChI=1S/C18H22BFO4/c1-17(2)18(3,4)24-19(23-17)15(20)10-12-9-13-7-6-8-14(21-5)16(13)22-11-12/h6-10H,11H2,1-5H3. The Balaban J connectivity index is 1.83. The summed E-state index contributed by atoms with van der Waals surface area (Å²) in [5, 5.41) is 0. The molecule has 0 atom stereocenters. The van der Waals surface area contributed by atoms with Gasteiger partial charge in [-0.15, -0.1) is 0 Å². The minimum absolute atomic E-state index is 0.264. The quantitative estimate of drug-likeness (QED) is 0.785. The van der Waals surface area contributed by atoms with Crippen molar-refractivity contribution < 1.29 is 23.2 Å². The van der Waals surface area contributed by atoms with Gasteiger partial charge in [0.05, 0.1) is 18.3 Å². The first-order valence-electron chi connectivity index (χ1n) is 7.96. The number of hydrogen-bond acceptors (Lipinski definition) is 4. The highest BCUT2D eigenvalue weighted by molar-refractivity contribution is 6.53. The minimum atomic E-state index is -0.998. The lowest BCUT2D eigenvalue weighted by Gasteiger charge is -2.32. The van der Waals surface area contributed by atoms with E-state index in [9.17, 15) is 4.39 Å². The molecule has 4 nitrogen and oxygen atoms in total. The molecule has 0 spiro atoms. The van der Waals surface area contributed by atoms with Crippen molar-refractivity contribution in [1.29, 1.82) is 0 Å². The van der Waals surface area contributed by atoms with Crippen LogP contribution < -0.4 is 9.47 Å². The van der Waals surface area contributed by atoms with Crippen molar-refractivity contribution in [2.24, 2.45) is 0 Å². The Morgan fingerprint density at radius 3 is 2.50 bits per heavy atom. The van der Waals surface area contributed by atoms with Crippen molar-refractivity contribution in [3.63, 3.8) is 0 Å². The number of hydrogen-bond donors (Lipinski definition) is 0. The third-order valence-corrected chi connectivity index (χ3v) is 4.76. The number of fused-ring (bicyclic) bond motifs is 1. The fourth-order valence-electron chi connectivity index (χ4n) is 2.64. The Hall–Kier alpha value is -1.79. The first kappa shape index (κ1) is 17.1. The molecule has 6 heteroatoms. The summed E-state index contributed by atoms with van der Waals surface area (Å²) in [5.41, 5.74) is -0.0352. The second-order valence-corrected chi connectivity index (χ2v) is 7.00. The number of rotatable bonds is 3. The van der Waals surface area contributed by atoms with Gasteiger partial charge in [-0.3, -0.25) is 0 Å². The highest BCUT2D eigenvalue weighted by atomic mass is 19.1. The lowest BCUT2D eigenvalue weighted by Crippen LogP contribution is -2.41. The molecule has 0 bridgehead atoms. The predicted molar refractivity (Wildman–Crippen MR) is 91.7 cm³/mol. The second kappa shape index (κ2) is 5.94. The Morgan fingerprint density at radius 1 is 1.21 bits per heavy atom. The molecule has 0 aliphatic carbocycles. The Morgan fingerprint density at radius 2 is 1.88 bits per heavy atom. The maximum absolute atomic E-state index is 14.6. The summed E-state index contributed by atoms with van der Waals surface area (Å²) in [6.45, 7) is 7.84. The van der Waals surface area contributed by atoms with E-state index < -0.39 is 24.0 Å². The molecule has 1 aromatic carbocycles. The van der Waals surface area contributed by atoms with Crippen molar-refractivity contribution in [2.75, 3.05) is 13.7 Å². The van der Waals surface area contributed by atoms with Crippen LogP contribution in [-0.2, 0) is 9.31 Å². The maximum Gasteiger partial charge on any atom is 0.525 e. The van der Waals surface area contributed by atoms with E-state index >= 15 is 0 Å². The molecule has 0 unspecified atom stereocenters. The average molecular weight is 332 g/mol. The summed E-state index contributed by atoms with van der Waals surface area (Å²) >= 11 is 0. The normalized spacial score (nSPS) is 21.8. The van der Waals surface area contributed by atoms with Crippen molar-refractivity contribution >= 4 is 13.2 Å². The van der Waals surface area contributed by atoms with Gasteiger partial charge in [-0.05, 0) is 51.5 Å². The highest BCUT2D eigenvalue weighted by Crippen LogP contribution is 2.40. The Bertz CT molecular complexity index is 693. The first-order valence-corrected chi connectivity index (χ1v) is 7.96. The topological polar surface area (TPSA) is 36.9 Å². The van der Waals surface area contributed by atoms with Gasteiger partial charge in [0.15, 0.2) is 11.5 Å². The smallest absolute Gasteiger partial charge is 0.493 e. The van der Waals surface area contributed by atoms with E-state index in [4.69, 9.17) is 18.8 Å². The average Bonchev–Trinajstić information content (AvgIpc) is 2.74. The number of halogens is 1. The fraction of sp³-hybridized carbons (Fsp3) is 0.444. The lowest BCUT2D eigenvalue weighted by molar-refractivity contribution is 0.00578. The molecule has 128 valence electrons. The monoisotopic (exact) mass is 332 g/mol. The van der Waals surface area contributed by atoms with Crippen LogP contribution in [0.15, 0.2) is 35.6 Å². The SMILES string of the molecule is COc1cccc2c1OCC(C=C(F)B1OC(C)(C)C(C)(C)O1)=C2. The largest absolute Gasteiger partial charge is 0.525 e. The van der Waals surface area contributed by atoms with E-state index in [0.29, 0.717) is 17.1 Å². The van der Waals surface area contributed by atoms with Crippen LogP contribution in [0.2, 0.25) is 0 Å². The third kappa shape index (κ3) is 2.96. The summed E-state index contributed by atoms with van der Waals surface area (Å²) in [6.07, 6.45) is 3.30. The zero-order chi connectivity index (χ0) is 17.5. The van der Waals surface area contributed by atoms with Crippen LogP contribution in [0.1, 0.15) is 33.3 Å². The molecule has 24 heavy (non-hydrogen) atoms. The summed E-state index contributed by atoms with van der Waals surface area (Å²) in [4.78, 5) is 0. The van der Waals surface area contributed by atoms with E-state index in [0.717, 1.165) is 5.56 Å². The van der Waals surface area contributed by atoms with Gasteiger partial charge in [-0.25, -0.2) is 4.39 Å². The van der Waals surface area contributed by atoms with Crippen LogP contribution in [0, 0.1) is 0 Å². The zero-order valence-corrected chi connectivity index (χ0v) is 14.7. The molecule has 1 aromatic rings. The first-order chi connectivity index (χ1) is 11.2. The molecule has 1 saturated heterocycles. The summed E-state index contributed by atoms with van der Waals surface area (Å²) < 4.78 is 37.0. The molecule has 0 aromatic heterocycles. The molecule has 1 fully saturated rings. The lowest BCUT2D eigenvalue weighted by atomic mass is 9.86. The zero-order valence-electron chi connectivity index (χ0n) is 14.7. The molecule has 0 saturated carbocycles. The van der Waals surface area contributed by atoms with E-state index in [2.05, 4.69) is 0 Å². The van der Waals surface area contributed by atoms with Gasteiger partial charge in [-0.2, -0.15) is 0 Å². The van der Waals surface area contributed by atoms with Crippen LogP contribution in [-0.4, -0.2) is 32.0 Å². The van der Waals surface area contributed by atoms with Gasteiger partial charge in [0.2, 0.25) is 0 Å². The van der Waals surface area contributed by atoms with Crippen molar-refractivity contribution in [1.82, 2.24) is 0 Å². The maximum atomic E-state index is 14.6. The number of benzene rings is 1. The molecule has 3 rings (SSSR count). The van der Waals surface area contributed by atoms with Gasteiger partial charge in [0.25, 0.3) is 0 Å². The van der Waals surface area contributed by atoms with Crippen molar-refractivity contribution in [3.8, 4) is 11.5 Å². The molecule has 0 N–H and O–H groups in total. The van der Waals surface area contributed by atoms with Gasteiger partial charge >= 0.3 is 7.12 Å². The summed E-state index contributed by atoms with van der Waals surface area (Å²) in [7, 11) is 0.596. The Kier molecular flexibility index (Phi) is 4.22. The summed E-state index contributed by atoms with van der Waals surface area (Å²) in [6, 6.07) is 5.60. The molecular weight excluding hydrogens is 310 g/mol. The number of para-hydroxylation sites is 1. The van der Waals surface area contributed by atoms with Crippen LogP contribution in [0.3, 0.4) is 0 Å². The number of ether oxygens (including phenoxy) is 2. The van der Waals surface area contributed by atoms with E-state index in [-0.39, 0.29) is 6.61 Å². The second-order valence-electron chi connectivity index (χ2n) is 7.00. The fourth-order valence-corrected chi connectivity index (χ4v) is 2.64. The summed E-state index contributed by atoms with van der Waals surface area (Å²) in [5.74, 6) is 1.34. The predicted octanol–water partition coefficient (Wildman–Crippen LogP) is 3.96. The molecule has 2 aliphatic rings. The highest BCUT2D eigenvalue weighted by Gasteiger charge is 2.53. The van der Waals surface area contributed by atoms with Crippen LogP contribution in [0.5, 0.6) is 11.5 Å². The van der Waals surface area contributed by atoms with Gasteiger partial charge in [0, 0.05) is 5.56 Å². The van der Waals surface area contributed by atoms with Crippen LogP contribution in [0.4, 0.5) is 4.39 Å². The molecule has 0 amide bonds. The minimum Gasteiger partial charge on any atom is -0.493 e. The van der Waals surface area contributed by atoms with E-state index in [1.165, 1.54) is 6.08 Å². The van der Waals surface area contributed by atoms with Gasteiger partial charge in [-0.1, -0.05) is 12.1 Å². The van der Waals surface area contributed by atoms with E-state index in [1.54, 1.807) is 7.11 Å². The van der Waals surface area contributed by atoms with Crippen molar-refractivity contribution in [2.45, 2.75) is 38.9 Å². The number of methoxy groups -OCH3 is 1. The van der Waals surface area contributed by atoms with Gasteiger partial charge < -0.3 is 18.8 Å². The van der Waals surface area contributed by atoms with E-state index in [1.807, 2.05) is 52.0 Å². The molecular formula is C18H22BFO4. The molecule has 2 heterocycles. The van der Waals surface area contributed by atoms with Crippen LogP contribution >= 0.6 is 0 Å². The van der Waals surface area contributed by atoms with Crippen LogP contribution in [0.25, 0.3) is 6.08 Å². The molecule has 0 radical (unpaired) electrons. The van der Waals surface area contributed by atoms with Gasteiger partial charge in [0.1, 0.15) is 12.3 Å². The van der Waals surface area contributed by atoms with Crippen molar-refractivity contribution in [3.05, 3.63) is 41.1 Å². The third-order valence-electron chi connectivity index (χ3n) is 4.76.